The Morgan fingerprint density at radius 2 is 1.58 bits per heavy atom. The molecular formula is C38H41N3O2. The Hall–Kier alpha value is -4.38. The van der Waals surface area contributed by atoms with Gasteiger partial charge in [0.15, 0.2) is 0 Å². The molecule has 0 saturated heterocycles. The Kier molecular flexibility index (Phi) is 8.07. The first kappa shape index (κ1) is 28.7. The topological polar surface area (TPSA) is 47.4 Å². The van der Waals surface area contributed by atoms with Crippen LogP contribution in [0.5, 0.6) is 0 Å². The van der Waals surface area contributed by atoms with Crippen molar-refractivity contribution in [3.63, 3.8) is 0 Å². The minimum absolute atomic E-state index is 0.341. The summed E-state index contributed by atoms with van der Waals surface area (Å²) in [5.41, 5.74) is 7.40. The summed E-state index contributed by atoms with van der Waals surface area (Å²) in [6, 6.07) is 29.2. The van der Waals surface area contributed by atoms with Gasteiger partial charge in [-0.25, -0.2) is 4.79 Å². The van der Waals surface area contributed by atoms with Gasteiger partial charge in [-0.2, -0.15) is 0 Å². The Labute approximate surface area is 255 Å². The number of nitrogens with zero attached hydrogens (tertiary/aromatic N) is 3. The van der Waals surface area contributed by atoms with Crippen molar-refractivity contribution in [1.82, 2.24) is 9.55 Å². The van der Waals surface area contributed by atoms with E-state index in [0.717, 1.165) is 84.2 Å². The standard InChI is InChI=1S/C38H41N3O2/c1-5-8-24-40(25-9-6-2)29-21-22-32(27(4)26-29)38(36-31(37(42)43-38)19-15-23-39-36)34-30-18-13-14-20-33(30)41(7-3)35(34)28-16-11-10-12-17-28/h10-23,26H,5-9,24-25H2,1-4H3. The van der Waals surface area contributed by atoms with Crippen molar-refractivity contribution in [2.75, 3.05) is 18.0 Å². The molecule has 1 aliphatic heterocycles. The van der Waals surface area contributed by atoms with Crippen LogP contribution in [-0.4, -0.2) is 28.6 Å². The summed E-state index contributed by atoms with van der Waals surface area (Å²) >= 11 is 0. The van der Waals surface area contributed by atoms with Crippen molar-refractivity contribution in [3.8, 4) is 11.3 Å². The quantitative estimate of drug-likeness (QED) is 0.149. The maximum absolute atomic E-state index is 13.7. The smallest absolute Gasteiger partial charge is 0.341 e. The summed E-state index contributed by atoms with van der Waals surface area (Å²) in [6.45, 7) is 11.6. The second-order valence-corrected chi connectivity index (χ2v) is 11.5. The van der Waals surface area contributed by atoms with Gasteiger partial charge in [-0.15, -0.1) is 0 Å². The van der Waals surface area contributed by atoms with E-state index in [1.54, 1.807) is 6.20 Å². The van der Waals surface area contributed by atoms with Gasteiger partial charge >= 0.3 is 5.97 Å². The summed E-state index contributed by atoms with van der Waals surface area (Å²) in [5.74, 6) is -0.341. The molecule has 5 nitrogen and oxygen atoms in total. The van der Waals surface area contributed by atoms with Crippen LogP contribution in [0, 0.1) is 6.92 Å². The highest BCUT2D eigenvalue weighted by molar-refractivity contribution is 6.00. The predicted molar refractivity (Wildman–Crippen MR) is 176 cm³/mol. The molecule has 0 saturated carbocycles. The minimum Gasteiger partial charge on any atom is -0.439 e. The van der Waals surface area contributed by atoms with Gasteiger partial charge in [0.25, 0.3) is 0 Å². The highest BCUT2D eigenvalue weighted by atomic mass is 16.6. The largest absolute Gasteiger partial charge is 0.439 e. The van der Waals surface area contributed by atoms with Crippen molar-refractivity contribution in [3.05, 3.63) is 119 Å². The van der Waals surface area contributed by atoms with E-state index in [2.05, 4.69) is 104 Å². The minimum atomic E-state index is -1.21. The molecule has 5 heteroatoms. The third kappa shape index (κ3) is 4.81. The SMILES string of the molecule is CCCCN(CCCC)c1ccc(C2(c3c(-c4ccccc4)n(CC)c4ccccc34)OC(=O)c3cccnc32)c(C)c1. The molecule has 0 amide bonds. The number of ether oxygens (including phenoxy) is 1. The third-order valence-electron chi connectivity index (χ3n) is 8.81. The highest BCUT2D eigenvalue weighted by Crippen LogP contribution is 2.53. The van der Waals surface area contributed by atoms with Crippen LogP contribution in [0.1, 0.15) is 79.2 Å². The molecule has 1 atom stereocenters. The molecule has 220 valence electrons. The van der Waals surface area contributed by atoms with Crippen LogP contribution in [0.4, 0.5) is 5.69 Å². The molecule has 1 aliphatic rings. The first-order chi connectivity index (χ1) is 21.0. The van der Waals surface area contributed by atoms with Gasteiger partial charge in [-0.1, -0.05) is 81.3 Å². The number of para-hydroxylation sites is 1. The Bertz CT molecular complexity index is 1750. The highest BCUT2D eigenvalue weighted by Gasteiger charge is 2.53. The lowest BCUT2D eigenvalue weighted by molar-refractivity contribution is 0.0247. The normalized spacial score (nSPS) is 16.0. The molecule has 43 heavy (non-hydrogen) atoms. The van der Waals surface area contributed by atoms with Crippen LogP contribution in [0.2, 0.25) is 0 Å². The molecule has 6 rings (SSSR count). The number of carbonyl (C=O) groups is 1. The molecule has 5 aromatic rings. The molecule has 0 bridgehead atoms. The number of pyridine rings is 1. The third-order valence-corrected chi connectivity index (χ3v) is 8.81. The van der Waals surface area contributed by atoms with Crippen molar-refractivity contribution in [2.45, 2.75) is 65.5 Å². The van der Waals surface area contributed by atoms with Gasteiger partial charge in [0.1, 0.15) is 5.69 Å². The van der Waals surface area contributed by atoms with Gasteiger partial charge in [0.2, 0.25) is 5.60 Å². The number of carbonyl (C=O) groups excluding carboxylic acids is 1. The Morgan fingerprint density at radius 1 is 0.860 bits per heavy atom. The van der Waals surface area contributed by atoms with E-state index in [1.807, 2.05) is 18.2 Å². The van der Waals surface area contributed by atoms with E-state index in [4.69, 9.17) is 9.72 Å². The molecule has 3 aromatic carbocycles. The van der Waals surface area contributed by atoms with Gasteiger partial charge in [-0.05, 0) is 68.1 Å². The molecule has 2 aromatic heterocycles. The number of aryl methyl sites for hydroxylation is 2. The van der Waals surface area contributed by atoms with Crippen molar-refractivity contribution in [1.29, 1.82) is 0 Å². The predicted octanol–water partition coefficient (Wildman–Crippen LogP) is 8.90. The maximum atomic E-state index is 13.7. The first-order valence-corrected chi connectivity index (χ1v) is 15.8. The van der Waals surface area contributed by atoms with E-state index < -0.39 is 5.60 Å². The second kappa shape index (κ2) is 12.1. The number of aromatic nitrogens is 2. The summed E-state index contributed by atoms with van der Waals surface area (Å²) in [6.07, 6.45) is 6.40. The number of fused-ring (bicyclic) bond motifs is 2. The molecule has 0 spiro atoms. The molecule has 0 fully saturated rings. The zero-order valence-corrected chi connectivity index (χ0v) is 25.8. The summed E-state index contributed by atoms with van der Waals surface area (Å²) in [4.78, 5) is 21.1. The zero-order valence-electron chi connectivity index (χ0n) is 25.8. The Morgan fingerprint density at radius 3 is 2.28 bits per heavy atom. The van der Waals surface area contributed by atoms with Crippen molar-refractivity contribution in [2.24, 2.45) is 0 Å². The van der Waals surface area contributed by atoms with Crippen LogP contribution in [0.3, 0.4) is 0 Å². The van der Waals surface area contributed by atoms with Gasteiger partial charge in [-0.3, -0.25) is 4.98 Å². The molecule has 1 unspecified atom stereocenters. The number of rotatable bonds is 11. The average Bonchev–Trinajstić information content (AvgIpc) is 3.54. The number of unbranched alkanes of at least 4 members (excludes halogenated alkanes) is 2. The van der Waals surface area contributed by atoms with E-state index in [0.29, 0.717) is 11.3 Å². The van der Waals surface area contributed by atoms with Crippen molar-refractivity contribution < 1.29 is 9.53 Å². The number of hydrogen-bond donors (Lipinski definition) is 0. The number of hydrogen-bond acceptors (Lipinski definition) is 4. The van der Waals surface area contributed by atoms with E-state index >= 15 is 0 Å². The second-order valence-electron chi connectivity index (χ2n) is 11.5. The molecular weight excluding hydrogens is 530 g/mol. The Balaban J connectivity index is 1.67. The fourth-order valence-corrected chi connectivity index (χ4v) is 6.77. The van der Waals surface area contributed by atoms with Crippen LogP contribution >= 0.6 is 0 Å². The fourth-order valence-electron chi connectivity index (χ4n) is 6.77. The van der Waals surface area contributed by atoms with E-state index in [-0.39, 0.29) is 5.97 Å². The summed E-state index contributed by atoms with van der Waals surface area (Å²) in [5, 5.41) is 1.06. The van der Waals surface area contributed by atoms with Crippen LogP contribution in [-0.2, 0) is 16.9 Å². The van der Waals surface area contributed by atoms with Crippen LogP contribution in [0.15, 0.2) is 91.1 Å². The van der Waals surface area contributed by atoms with E-state index in [9.17, 15) is 4.79 Å². The number of benzene rings is 3. The van der Waals surface area contributed by atoms with Gasteiger partial charge in [0.05, 0.1) is 11.3 Å². The van der Waals surface area contributed by atoms with Crippen LogP contribution in [0.25, 0.3) is 22.2 Å². The summed E-state index contributed by atoms with van der Waals surface area (Å²) < 4.78 is 9.05. The average molecular weight is 572 g/mol. The maximum Gasteiger partial charge on any atom is 0.341 e. The first-order valence-electron chi connectivity index (χ1n) is 15.8. The number of esters is 1. The zero-order chi connectivity index (χ0) is 30.0. The van der Waals surface area contributed by atoms with Crippen LogP contribution < -0.4 is 4.90 Å². The molecule has 0 N–H and O–H groups in total. The lowest BCUT2D eigenvalue weighted by Crippen LogP contribution is -2.32. The monoisotopic (exact) mass is 571 g/mol. The van der Waals surface area contributed by atoms with Gasteiger partial charge < -0.3 is 14.2 Å². The van der Waals surface area contributed by atoms with Crippen molar-refractivity contribution >= 4 is 22.6 Å². The molecule has 0 radical (unpaired) electrons. The summed E-state index contributed by atoms with van der Waals surface area (Å²) in [7, 11) is 0. The lowest BCUT2D eigenvalue weighted by Gasteiger charge is -2.33. The number of anilines is 1. The lowest BCUT2D eigenvalue weighted by atomic mass is 9.78. The van der Waals surface area contributed by atoms with Gasteiger partial charge in [0, 0.05) is 53.5 Å². The van der Waals surface area contributed by atoms with E-state index in [1.165, 1.54) is 5.69 Å². The fraction of sp³-hybridized carbons (Fsp3) is 0.316. The number of cyclic esters (lactones) is 1. The molecule has 3 heterocycles. The molecule has 0 aliphatic carbocycles.